The SMILES string of the molecule is CC(C)[C@H](N)C(=O)NCC(=O)NCc1ccc(CN2CCN(C)CC2)cc1.Cl.Cl.Cl. The second-order valence-corrected chi connectivity index (χ2v) is 7.66. The van der Waals surface area contributed by atoms with E-state index in [1.165, 1.54) is 5.56 Å². The lowest BCUT2D eigenvalue weighted by Crippen LogP contribution is -2.47. The molecule has 4 N–H and O–H groups in total. The van der Waals surface area contributed by atoms with Crippen LogP contribution in [0.1, 0.15) is 25.0 Å². The molecular formula is C20H36Cl3N5O2. The molecule has 0 unspecified atom stereocenters. The molecule has 0 bridgehead atoms. The number of carbonyl (C=O) groups is 2. The standard InChI is InChI=1S/C20H33N5O2.3ClH/c1-15(2)19(21)20(27)23-13-18(26)22-12-16-4-6-17(7-5-16)14-25-10-8-24(3)9-11-25;;;/h4-7,15,19H,8-14,21H2,1-3H3,(H,22,26)(H,23,27);3*1H/t19-;;;/m0.../s1. The maximum atomic E-state index is 11.9. The van der Waals surface area contributed by atoms with Crippen molar-refractivity contribution in [3.63, 3.8) is 0 Å². The molecule has 1 saturated heterocycles. The number of benzene rings is 1. The number of nitrogens with zero attached hydrogens (tertiary/aromatic N) is 2. The largest absolute Gasteiger partial charge is 0.350 e. The molecule has 1 aromatic carbocycles. The first kappa shape index (κ1) is 31.1. The quantitative estimate of drug-likeness (QED) is 0.519. The second kappa shape index (κ2) is 15.7. The number of piperazine rings is 1. The molecule has 1 aromatic rings. The van der Waals surface area contributed by atoms with Crippen molar-refractivity contribution in [1.82, 2.24) is 20.4 Å². The Hall–Kier alpha value is -1.09. The minimum Gasteiger partial charge on any atom is -0.350 e. The van der Waals surface area contributed by atoms with Gasteiger partial charge in [0.15, 0.2) is 0 Å². The van der Waals surface area contributed by atoms with E-state index in [-0.39, 0.29) is 61.5 Å². The van der Waals surface area contributed by atoms with E-state index < -0.39 is 6.04 Å². The number of nitrogens with two attached hydrogens (primary N) is 1. The van der Waals surface area contributed by atoms with Crippen LogP contribution in [0.25, 0.3) is 0 Å². The molecule has 2 rings (SSSR count). The lowest BCUT2D eigenvalue weighted by atomic mass is 10.1. The third-order valence-corrected chi connectivity index (χ3v) is 4.96. The van der Waals surface area contributed by atoms with Crippen molar-refractivity contribution in [2.45, 2.75) is 33.0 Å². The highest BCUT2D eigenvalue weighted by Gasteiger charge is 2.17. The number of amides is 2. The number of halogens is 3. The number of likely N-dealkylation sites (N-methyl/N-ethyl adjacent to an activating group) is 1. The highest BCUT2D eigenvalue weighted by Crippen LogP contribution is 2.09. The van der Waals surface area contributed by atoms with E-state index >= 15 is 0 Å². The predicted molar refractivity (Wildman–Crippen MR) is 129 cm³/mol. The Labute approximate surface area is 198 Å². The van der Waals surface area contributed by atoms with Crippen molar-refractivity contribution in [3.05, 3.63) is 35.4 Å². The van der Waals surface area contributed by atoms with Gasteiger partial charge in [-0.1, -0.05) is 38.1 Å². The molecule has 30 heavy (non-hydrogen) atoms. The third-order valence-electron chi connectivity index (χ3n) is 4.96. The van der Waals surface area contributed by atoms with E-state index in [2.05, 4.69) is 39.6 Å². The molecule has 2 amide bonds. The van der Waals surface area contributed by atoms with Crippen LogP contribution in [0.4, 0.5) is 0 Å². The van der Waals surface area contributed by atoms with Gasteiger partial charge in [0.2, 0.25) is 11.8 Å². The van der Waals surface area contributed by atoms with Crippen LogP contribution in [0.2, 0.25) is 0 Å². The van der Waals surface area contributed by atoms with Gasteiger partial charge in [0.25, 0.3) is 0 Å². The highest BCUT2D eigenvalue weighted by molar-refractivity contribution is 5.87. The number of carbonyl (C=O) groups excluding carboxylic acids is 2. The first-order chi connectivity index (χ1) is 12.8. The van der Waals surface area contributed by atoms with Gasteiger partial charge in [-0.05, 0) is 24.1 Å². The fourth-order valence-corrected chi connectivity index (χ4v) is 2.88. The molecule has 174 valence electrons. The van der Waals surface area contributed by atoms with E-state index in [1.807, 2.05) is 26.0 Å². The van der Waals surface area contributed by atoms with E-state index in [0.717, 1.165) is 38.3 Å². The van der Waals surface area contributed by atoms with Crippen molar-refractivity contribution >= 4 is 49.0 Å². The zero-order valence-corrected chi connectivity index (χ0v) is 20.4. The van der Waals surface area contributed by atoms with E-state index in [4.69, 9.17) is 5.73 Å². The summed E-state index contributed by atoms with van der Waals surface area (Å²) in [6.07, 6.45) is 0. The van der Waals surface area contributed by atoms with Gasteiger partial charge >= 0.3 is 0 Å². The lowest BCUT2D eigenvalue weighted by molar-refractivity contribution is -0.127. The van der Waals surface area contributed by atoms with Crippen molar-refractivity contribution in [2.24, 2.45) is 11.7 Å². The van der Waals surface area contributed by atoms with E-state index in [9.17, 15) is 9.59 Å². The molecule has 1 aliphatic heterocycles. The van der Waals surface area contributed by atoms with Crippen LogP contribution in [0.15, 0.2) is 24.3 Å². The summed E-state index contributed by atoms with van der Waals surface area (Å²) in [4.78, 5) is 28.5. The average molecular weight is 485 g/mol. The van der Waals surface area contributed by atoms with Crippen LogP contribution < -0.4 is 16.4 Å². The molecule has 10 heteroatoms. The highest BCUT2D eigenvalue weighted by atomic mass is 35.5. The fraction of sp³-hybridized carbons (Fsp3) is 0.600. The maximum Gasteiger partial charge on any atom is 0.239 e. The third kappa shape index (κ3) is 10.8. The Bertz CT molecular complexity index is 623. The summed E-state index contributed by atoms with van der Waals surface area (Å²) in [5, 5.41) is 5.39. The van der Waals surface area contributed by atoms with Crippen LogP contribution in [0.3, 0.4) is 0 Å². The monoisotopic (exact) mass is 483 g/mol. The van der Waals surface area contributed by atoms with Gasteiger partial charge in [0.05, 0.1) is 12.6 Å². The molecule has 0 aromatic heterocycles. The van der Waals surface area contributed by atoms with Gasteiger partial charge < -0.3 is 21.3 Å². The number of rotatable bonds is 8. The molecule has 0 radical (unpaired) electrons. The Kier molecular flexibility index (Phi) is 16.2. The van der Waals surface area contributed by atoms with E-state index in [1.54, 1.807) is 0 Å². The smallest absolute Gasteiger partial charge is 0.239 e. The predicted octanol–water partition coefficient (Wildman–Crippen LogP) is 1.42. The summed E-state index contributed by atoms with van der Waals surface area (Å²) < 4.78 is 0. The Morgan fingerprint density at radius 3 is 2.03 bits per heavy atom. The molecule has 0 aliphatic carbocycles. The van der Waals surface area contributed by atoms with Crippen molar-refractivity contribution in [3.8, 4) is 0 Å². The molecule has 1 heterocycles. The number of hydrogen-bond donors (Lipinski definition) is 3. The molecule has 7 nitrogen and oxygen atoms in total. The maximum absolute atomic E-state index is 11.9. The molecule has 1 aliphatic rings. The Morgan fingerprint density at radius 1 is 0.967 bits per heavy atom. The first-order valence-electron chi connectivity index (χ1n) is 9.64. The summed E-state index contributed by atoms with van der Waals surface area (Å²) in [7, 11) is 2.16. The zero-order valence-electron chi connectivity index (χ0n) is 17.9. The first-order valence-corrected chi connectivity index (χ1v) is 9.64. The number of nitrogens with one attached hydrogen (secondary N) is 2. The van der Waals surface area contributed by atoms with Crippen molar-refractivity contribution in [1.29, 1.82) is 0 Å². The summed E-state index contributed by atoms with van der Waals surface area (Å²) in [5.74, 6) is -0.480. The topological polar surface area (TPSA) is 90.7 Å². The van der Waals surface area contributed by atoms with Gasteiger partial charge in [0, 0.05) is 39.3 Å². The van der Waals surface area contributed by atoms with Crippen LogP contribution in [-0.2, 0) is 22.7 Å². The van der Waals surface area contributed by atoms with Crippen molar-refractivity contribution in [2.75, 3.05) is 39.8 Å². The van der Waals surface area contributed by atoms with Crippen LogP contribution in [-0.4, -0.2) is 67.4 Å². The summed E-state index contributed by atoms with van der Waals surface area (Å²) in [5.41, 5.74) is 8.07. The summed E-state index contributed by atoms with van der Waals surface area (Å²) >= 11 is 0. The molecule has 1 atom stereocenters. The molecule has 0 spiro atoms. The average Bonchev–Trinajstić information content (AvgIpc) is 2.66. The van der Waals surface area contributed by atoms with Gasteiger partial charge in [-0.3, -0.25) is 14.5 Å². The van der Waals surface area contributed by atoms with Crippen LogP contribution >= 0.6 is 37.2 Å². The lowest BCUT2D eigenvalue weighted by Gasteiger charge is -2.32. The van der Waals surface area contributed by atoms with Crippen LogP contribution in [0.5, 0.6) is 0 Å². The molecule has 0 saturated carbocycles. The summed E-state index contributed by atoms with van der Waals surface area (Å²) in [6.45, 7) is 9.52. The zero-order chi connectivity index (χ0) is 19.8. The van der Waals surface area contributed by atoms with Crippen LogP contribution in [0, 0.1) is 5.92 Å². The van der Waals surface area contributed by atoms with Gasteiger partial charge in [-0.15, -0.1) is 37.2 Å². The minimum absolute atomic E-state index is 0. The van der Waals surface area contributed by atoms with Gasteiger partial charge in [-0.25, -0.2) is 0 Å². The Balaban J connectivity index is 0. The molecular weight excluding hydrogens is 449 g/mol. The van der Waals surface area contributed by atoms with Crippen molar-refractivity contribution < 1.29 is 9.59 Å². The second-order valence-electron chi connectivity index (χ2n) is 7.66. The van der Waals surface area contributed by atoms with Gasteiger partial charge in [0.1, 0.15) is 0 Å². The minimum atomic E-state index is -0.592. The normalized spacial score (nSPS) is 15.2. The Morgan fingerprint density at radius 2 is 1.50 bits per heavy atom. The summed E-state index contributed by atoms with van der Waals surface area (Å²) in [6, 6.07) is 7.72. The number of hydrogen-bond acceptors (Lipinski definition) is 5. The van der Waals surface area contributed by atoms with E-state index in [0.29, 0.717) is 6.54 Å². The fourth-order valence-electron chi connectivity index (χ4n) is 2.88. The molecule has 1 fully saturated rings. The van der Waals surface area contributed by atoms with Gasteiger partial charge in [-0.2, -0.15) is 0 Å².